The van der Waals surface area contributed by atoms with Gasteiger partial charge in [-0.05, 0) is 44.2 Å². The molecule has 3 rings (SSSR count). The molecule has 2 aromatic rings. The van der Waals surface area contributed by atoms with E-state index in [9.17, 15) is 22.8 Å². The first kappa shape index (κ1) is 25.3. The van der Waals surface area contributed by atoms with Gasteiger partial charge >= 0.3 is 0 Å². The van der Waals surface area contributed by atoms with Gasteiger partial charge in [-0.25, -0.2) is 13.4 Å². The normalized spacial score (nSPS) is 16.9. The van der Waals surface area contributed by atoms with Gasteiger partial charge in [0.25, 0.3) is 5.91 Å². The SMILES string of the molecule is CN[C@@H](C)C(=O)NC(CCS(C)(=O)=O)C(=O)N1c2ncccc2C[C@@H]1C(=O)Nc1ccccc1. The van der Waals surface area contributed by atoms with Crippen LogP contribution in [0.2, 0.25) is 0 Å². The fraction of sp³-hybridized carbons (Fsp3) is 0.391. The minimum Gasteiger partial charge on any atom is -0.343 e. The molecule has 1 unspecified atom stereocenters. The lowest BCUT2D eigenvalue weighted by molar-refractivity contribution is -0.129. The predicted molar refractivity (Wildman–Crippen MR) is 129 cm³/mol. The number of hydrogen-bond donors (Lipinski definition) is 3. The Bertz CT molecular complexity index is 1160. The molecule has 0 bridgehead atoms. The Labute approximate surface area is 199 Å². The molecule has 1 aromatic carbocycles. The summed E-state index contributed by atoms with van der Waals surface area (Å²) in [4.78, 5) is 45.0. The van der Waals surface area contributed by atoms with E-state index >= 15 is 0 Å². The van der Waals surface area contributed by atoms with Crippen molar-refractivity contribution < 1.29 is 22.8 Å². The highest BCUT2D eigenvalue weighted by Crippen LogP contribution is 2.31. The average Bonchev–Trinajstić information content (AvgIpc) is 3.20. The summed E-state index contributed by atoms with van der Waals surface area (Å²) in [7, 11) is -1.80. The van der Waals surface area contributed by atoms with Gasteiger partial charge in [-0.3, -0.25) is 19.3 Å². The van der Waals surface area contributed by atoms with Gasteiger partial charge in [0.05, 0.1) is 11.8 Å². The number of hydrogen-bond acceptors (Lipinski definition) is 7. The highest BCUT2D eigenvalue weighted by atomic mass is 32.2. The van der Waals surface area contributed by atoms with Gasteiger partial charge in [0.15, 0.2) is 0 Å². The lowest BCUT2D eigenvalue weighted by Gasteiger charge is -2.29. The average molecular weight is 488 g/mol. The molecule has 3 amide bonds. The van der Waals surface area contributed by atoms with Crippen molar-refractivity contribution in [2.45, 2.75) is 37.9 Å². The number of aromatic nitrogens is 1. The number of fused-ring (bicyclic) bond motifs is 1. The van der Waals surface area contributed by atoms with Crippen LogP contribution in [0.25, 0.3) is 0 Å². The van der Waals surface area contributed by atoms with Crippen molar-refractivity contribution in [3.8, 4) is 0 Å². The smallest absolute Gasteiger partial charge is 0.251 e. The monoisotopic (exact) mass is 487 g/mol. The van der Waals surface area contributed by atoms with Crippen LogP contribution in [0, 0.1) is 0 Å². The molecule has 2 heterocycles. The summed E-state index contributed by atoms with van der Waals surface area (Å²) in [6.45, 7) is 1.62. The van der Waals surface area contributed by atoms with Gasteiger partial charge in [0.1, 0.15) is 27.7 Å². The van der Waals surface area contributed by atoms with E-state index in [1.165, 1.54) is 11.1 Å². The number of nitrogens with one attached hydrogen (secondary N) is 3. The van der Waals surface area contributed by atoms with E-state index in [1.807, 2.05) is 6.07 Å². The lowest BCUT2D eigenvalue weighted by Crippen LogP contribution is -2.56. The first-order valence-electron chi connectivity index (χ1n) is 10.9. The van der Waals surface area contributed by atoms with Crippen LogP contribution in [0.5, 0.6) is 0 Å². The number of carbonyl (C=O) groups excluding carboxylic acids is 3. The maximum absolute atomic E-state index is 13.7. The predicted octanol–water partition coefficient (Wildman–Crippen LogP) is 0.505. The third-order valence-electron chi connectivity index (χ3n) is 5.62. The number of anilines is 2. The second-order valence-corrected chi connectivity index (χ2v) is 10.5. The Morgan fingerprint density at radius 2 is 1.85 bits per heavy atom. The van der Waals surface area contributed by atoms with Crippen LogP contribution in [0.3, 0.4) is 0 Å². The number of para-hydroxylation sites is 1. The number of nitrogens with zero attached hydrogens (tertiary/aromatic N) is 2. The summed E-state index contributed by atoms with van der Waals surface area (Å²) in [6.07, 6.45) is 2.69. The fourth-order valence-corrected chi connectivity index (χ4v) is 4.32. The van der Waals surface area contributed by atoms with Gasteiger partial charge in [-0.1, -0.05) is 24.3 Å². The molecule has 0 fully saturated rings. The number of carbonyl (C=O) groups is 3. The highest BCUT2D eigenvalue weighted by molar-refractivity contribution is 7.90. The number of pyridine rings is 1. The third kappa shape index (κ3) is 6.17. The summed E-state index contributed by atoms with van der Waals surface area (Å²) in [6, 6.07) is 9.69. The molecule has 0 saturated carbocycles. The molecule has 1 aliphatic heterocycles. The minimum atomic E-state index is -3.40. The second kappa shape index (κ2) is 10.7. The molecule has 11 heteroatoms. The Hall–Kier alpha value is -3.31. The Morgan fingerprint density at radius 3 is 2.50 bits per heavy atom. The summed E-state index contributed by atoms with van der Waals surface area (Å²) in [5.41, 5.74) is 1.29. The quantitative estimate of drug-likeness (QED) is 0.468. The topological polar surface area (TPSA) is 138 Å². The summed E-state index contributed by atoms with van der Waals surface area (Å²) < 4.78 is 23.6. The second-order valence-electron chi connectivity index (χ2n) is 8.26. The molecular weight excluding hydrogens is 458 g/mol. The van der Waals surface area contributed by atoms with Crippen LogP contribution in [0.15, 0.2) is 48.7 Å². The van der Waals surface area contributed by atoms with Crippen LogP contribution >= 0.6 is 0 Å². The summed E-state index contributed by atoms with van der Waals surface area (Å²) >= 11 is 0. The van der Waals surface area contributed by atoms with Gasteiger partial charge < -0.3 is 16.0 Å². The van der Waals surface area contributed by atoms with Gasteiger partial charge in [-0.15, -0.1) is 0 Å². The Kier molecular flexibility index (Phi) is 8.00. The van der Waals surface area contributed by atoms with Crippen molar-refractivity contribution in [1.82, 2.24) is 15.6 Å². The first-order valence-corrected chi connectivity index (χ1v) is 12.9. The van der Waals surface area contributed by atoms with Crippen molar-refractivity contribution in [2.75, 3.05) is 29.3 Å². The molecule has 34 heavy (non-hydrogen) atoms. The van der Waals surface area contributed by atoms with Crippen LogP contribution in [0.1, 0.15) is 18.9 Å². The molecule has 0 spiro atoms. The van der Waals surface area contributed by atoms with Crippen molar-refractivity contribution in [3.05, 3.63) is 54.2 Å². The molecule has 1 aromatic heterocycles. The zero-order valence-corrected chi connectivity index (χ0v) is 20.1. The van der Waals surface area contributed by atoms with Crippen molar-refractivity contribution in [2.24, 2.45) is 0 Å². The summed E-state index contributed by atoms with van der Waals surface area (Å²) in [5, 5.41) is 8.24. The van der Waals surface area contributed by atoms with Gasteiger partial charge in [0, 0.05) is 24.6 Å². The number of sulfone groups is 1. The van der Waals surface area contributed by atoms with E-state index in [0.717, 1.165) is 6.26 Å². The molecule has 0 saturated heterocycles. The van der Waals surface area contributed by atoms with E-state index in [0.29, 0.717) is 17.1 Å². The van der Waals surface area contributed by atoms with E-state index in [2.05, 4.69) is 20.9 Å². The van der Waals surface area contributed by atoms with Gasteiger partial charge in [-0.2, -0.15) is 0 Å². The van der Waals surface area contributed by atoms with E-state index < -0.39 is 45.7 Å². The summed E-state index contributed by atoms with van der Waals surface area (Å²) in [5.74, 6) is -1.44. The zero-order chi connectivity index (χ0) is 24.9. The number of amides is 3. The maximum atomic E-state index is 13.7. The van der Waals surface area contributed by atoms with Crippen LogP contribution in [0.4, 0.5) is 11.5 Å². The molecule has 182 valence electrons. The molecule has 1 aliphatic rings. The van der Waals surface area contributed by atoms with Crippen molar-refractivity contribution >= 4 is 39.1 Å². The molecule has 0 aliphatic carbocycles. The molecule has 3 atom stereocenters. The molecular formula is C23H29N5O5S. The molecule has 0 radical (unpaired) electrons. The first-order chi connectivity index (χ1) is 16.1. The number of likely N-dealkylation sites (N-methyl/N-ethyl adjacent to an activating group) is 1. The van der Waals surface area contributed by atoms with Crippen molar-refractivity contribution in [1.29, 1.82) is 0 Å². The largest absolute Gasteiger partial charge is 0.343 e. The van der Waals surface area contributed by atoms with Crippen molar-refractivity contribution in [3.63, 3.8) is 0 Å². The van der Waals surface area contributed by atoms with Crippen LogP contribution < -0.4 is 20.9 Å². The van der Waals surface area contributed by atoms with E-state index in [1.54, 1.807) is 50.4 Å². The van der Waals surface area contributed by atoms with Crippen LogP contribution in [-0.4, -0.2) is 68.3 Å². The highest BCUT2D eigenvalue weighted by Gasteiger charge is 2.42. The van der Waals surface area contributed by atoms with Gasteiger partial charge in [0.2, 0.25) is 11.8 Å². The Balaban J connectivity index is 1.92. The maximum Gasteiger partial charge on any atom is 0.251 e. The minimum absolute atomic E-state index is 0.133. The Morgan fingerprint density at radius 1 is 1.15 bits per heavy atom. The zero-order valence-electron chi connectivity index (χ0n) is 19.3. The molecule has 10 nitrogen and oxygen atoms in total. The van der Waals surface area contributed by atoms with E-state index in [4.69, 9.17) is 0 Å². The number of rotatable bonds is 9. The molecule has 3 N–H and O–H groups in total. The fourth-order valence-electron chi connectivity index (χ4n) is 3.65. The standard InChI is InChI=1S/C23H29N5O5S/c1-15(24-2)21(29)27-18(11-13-34(3,32)33)23(31)28-19(14-16-8-7-12-25-20(16)28)22(30)26-17-9-5-4-6-10-17/h4-10,12,15,18-19,24H,11,13-14H2,1-3H3,(H,26,30)(H,27,29)/t15-,18?,19+/m0/s1. The lowest BCUT2D eigenvalue weighted by atomic mass is 10.1. The number of benzene rings is 1. The third-order valence-corrected chi connectivity index (χ3v) is 6.60. The van der Waals surface area contributed by atoms with E-state index in [-0.39, 0.29) is 18.6 Å². The van der Waals surface area contributed by atoms with Crippen LogP contribution in [-0.2, 0) is 30.6 Å².